The van der Waals surface area contributed by atoms with Crippen LogP contribution in [0.25, 0.3) is 0 Å². The highest BCUT2D eigenvalue weighted by Gasteiger charge is 2.32. The summed E-state index contributed by atoms with van der Waals surface area (Å²) in [6, 6.07) is 0.382. The van der Waals surface area contributed by atoms with E-state index in [1.807, 2.05) is 4.90 Å². The summed E-state index contributed by atoms with van der Waals surface area (Å²) in [7, 11) is 0. The van der Waals surface area contributed by atoms with Crippen molar-refractivity contribution in [2.24, 2.45) is 17.6 Å². The van der Waals surface area contributed by atoms with E-state index in [0.717, 1.165) is 19.3 Å². The van der Waals surface area contributed by atoms with Crippen LogP contribution in [0.1, 0.15) is 39.5 Å². The van der Waals surface area contributed by atoms with Gasteiger partial charge in [0.15, 0.2) is 0 Å². The molecule has 1 atom stereocenters. The molecule has 1 saturated carbocycles. The van der Waals surface area contributed by atoms with Crippen molar-refractivity contribution in [1.29, 1.82) is 0 Å². The van der Waals surface area contributed by atoms with Crippen LogP contribution in [0.5, 0.6) is 0 Å². The minimum absolute atomic E-state index is 0.0553. The smallest absolute Gasteiger partial charge is 0.223 e. The molecule has 1 rings (SSSR count). The topological polar surface area (TPSA) is 66.6 Å². The molecule has 0 aliphatic heterocycles. The maximum atomic E-state index is 12.1. The summed E-state index contributed by atoms with van der Waals surface area (Å²) in [5.41, 5.74) is 5.72. The fourth-order valence-corrected chi connectivity index (χ4v) is 2.30. The van der Waals surface area contributed by atoms with Crippen molar-refractivity contribution in [2.45, 2.75) is 45.6 Å². The summed E-state index contributed by atoms with van der Waals surface area (Å²) in [4.78, 5) is 14.0. The molecule has 4 nitrogen and oxygen atoms in total. The van der Waals surface area contributed by atoms with Gasteiger partial charge in [-0.3, -0.25) is 4.79 Å². The van der Waals surface area contributed by atoms with Crippen LogP contribution in [0.4, 0.5) is 0 Å². The SMILES string of the molecule is CC(C)C[C@H](CN)CC(=O)N(CCO)C1CC1. The number of carbonyl (C=O) groups excluding carboxylic acids is 1. The zero-order valence-electron chi connectivity index (χ0n) is 11.1. The van der Waals surface area contributed by atoms with E-state index >= 15 is 0 Å². The van der Waals surface area contributed by atoms with E-state index in [0.29, 0.717) is 31.5 Å². The van der Waals surface area contributed by atoms with Crippen molar-refractivity contribution in [1.82, 2.24) is 4.90 Å². The lowest BCUT2D eigenvalue weighted by Gasteiger charge is -2.24. The van der Waals surface area contributed by atoms with Gasteiger partial charge in [-0.2, -0.15) is 0 Å². The van der Waals surface area contributed by atoms with E-state index in [4.69, 9.17) is 10.8 Å². The van der Waals surface area contributed by atoms with Crippen molar-refractivity contribution in [3.63, 3.8) is 0 Å². The van der Waals surface area contributed by atoms with E-state index in [1.165, 1.54) is 0 Å². The van der Waals surface area contributed by atoms with E-state index in [2.05, 4.69) is 13.8 Å². The zero-order valence-corrected chi connectivity index (χ0v) is 11.1. The van der Waals surface area contributed by atoms with Crippen molar-refractivity contribution in [2.75, 3.05) is 19.7 Å². The molecule has 0 radical (unpaired) electrons. The largest absolute Gasteiger partial charge is 0.395 e. The first-order valence-corrected chi connectivity index (χ1v) is 6.68. The molecular formula is C13H26N2O2. The summed E-state index contributed by atoms with van der Waals surface area (Å²) in [6.07, 6.45) is 3.71. The Morgan fingerprint density at radius 1 is 1.47 bits per heavy atom. The predicted octanol–water partition coefficient (Wildman–Crippen LogP) is 0.981. The van der Waals surface area contributed by atoms with E-state index in [9.17, 15) is 4.79 Å². The van der Waals surface area contributed by atoms with Gasteiger partial charge < -0.3 is 15.7 Å². The van der Waals surface area contributed by atoms with Crippen LogP contribution in [0.15, 0.2) is 0 Å². The van der Waals surface area contributed by atoms with Crippen LogP contribution in [-0.2, 0) is 4.79 Å². The maximum Gasteiger partial charge on any atom is 0.223 e. The Balaban J connectivity index is 2.43. The van der Waals surface area contributed by atoms with Crippen molar-refractivity contribution in [3.05, 3.63) is 0 Å². The summed E-state index contributed by atoms with van der Waals surface area (Å²) >= 11 is 0. The van der Waals surface area contributed by atoms with Gasteiger partial charge in [-0.25, -0.2) is 0 Å². The highest BCUT2D eigenvalue weighted by atomic mass is 16.3. The van der Waals surface area contributed by atoms with Crippen molar-refractivity contribution in [3.8, 4) is 0 Å². The molecule has 100 valence electrons. The molecule has 17 heavy (non-hydrogen) atoms. The lowest BCUT2D eigenvalue weighted by Crippen LogP contribution is -2.37. The summed E-state index contributed by atoms with van der Waals surface area (Å²) in [5, 5.41) is 8.98. The number of carbonyl (C=O) groups is 1. The minimum atomic E-state index is 0.0553. The van der Waals surface area contributed by atoms with Gasteiger partial charge in [0.2, 0.25) is 5.91 Å². The molecule has 0 aromatic carbocycles. The second-order valence-corrected chi connectivity index (χ2v) is 5.48. The number of aliphatic hydroxyl groups excluding tert-OH is 1. The summed E-state index contributed by atoms with van der Waals surface area (Å²) in [5.74, 6) is 1.02. The molecule has 3 N–H and O–H groups in total. The first kappa shape index (κ1) is 14.5. The monoisotopic (exact) mass is 242 g/mol. The van der Waals surface area contributed by atoms with Gasteiger partial charge in [-0.05, 0) is 37.6 Å². The normalized spacial score (nSPS) is 17.2. The highest BCUT2D eigenvalue weighted by molar-refractivity contribution is 5.77. The number of amides is 1. The second-order valence-electron chi connectivity index (χ2n) is 5.48. The van der Waals surface area contributed by atoms with Crippen molar-refractivity contribution >= 4 is 5.91 Å². The van der Waals surface area contributed by atoms with Gasteiger partial charge in [0.25, 0.3) is 0 Å². The molecule has 0 heterocycles. The third-order valence-electron chi connectivity index (χ3n) is 3.25. The molecule has 1 fully saturated rings. The van der Waals surface area contributed by atoms with Gasteiger partial charge in [0.05, 0.1) is 6.61 Å². The Morgan fingerprint density at radius 2 is 2.12 bits per heavy atom. The molecule has 1 aliphatic rings. The van der Waals surface area contributed by atoms with Crippen LogP contribution >= 0.6 is 0 Å². The molecule has 4 heteroatoms. The average Bonchev–Trinajstić information content (AvgIpc) is 3.07. The molecular weight excluding hydrogens is 216 g/mol. The predicted molar refractivity (Wildman–Crippen MR) is 68.4 cm³/mol. The van der Waals surface area contributed by atoms with E-state index in [-0.39, 0.29) is 18.4 Å². The Hall–Kier alpha value is -0.610. The van der Waals surface area contributed by atoms with Gasteiger partial charge in [0, 0.05) is 19.0 Å². The molecule has 0 bridgehead atoms. The number of rotatable bonds is 8. The molecule has 0 aromatic heterocycles. The van der Waals surface area contributed by atoms with Crippen molar-refractivity contribution < 1.29 is 9.90 Å². The minimum Gasteiger partial charge on any atom is -0.395 e. The quantitative estimate of drug-likeness (QED) is 0.667. The summed E-state index contributed by atoms with van der Waals surface area (Å²) in [6.45, 7) is 5.41. The third kappa shape index (κ3) is 5.04. The van der Waals surface area contributed by atoms with Crippen LogP contribution in [0.3, 0.4) is 0 Å². The number of hydrogen-bond donors (Lipinski definition) is 2. The Morgan fingerprint density at radius 3 is 2.53 bits per heavy atom. The lowest BCUT2D eigenvalue weighted by molar-refractivity contribution is -0.133. The zero-order chi connectivity index (χ0) is 12.8. The number of nitrogens with zero attached hydrogens (tertiary/aromatic N) is 1. The fourth-order valence-electron chi connectivity index (χ4n) is 2.30. The molecule has 0 saturated heterocycles. The van der Waals surface area contributed by atoms with E-state index in [1.54, 1.807) is 0 Å². The molecule has 0 spiro atoms. The number of aliphatic hydroxyl groups is 1. The Kier molecular flexibility index (Phi) is 5.92. The highest BCUT2D eigenvalue weighted by Crippen LogP contribution is 2.28. The van der Waals surface area contributed by atoms with Gasteiger partial charge in [-0.1, -0.05) is 13.8 Å². The van der Waals surface area contributed by atoms with Gasteiger partial charge in [0.1, 0.15) is 0 Å². The maximum absolute atomic E-state index is 12.1. The van der Waals surface area contributed by atoms with Gasteiger partial charge in [-0.15, -0.1) is 0 Å². The standard InChI is InChI=1S/C13H26N2O2/c1-10(2)7-11(9-14)8-13(17)15(5-6-16)12-3-4-12/h10-12,16H,3-9,14H2,1-2H3/t11-/m0/s1. The van der Waals surface area contributed by atoms with Crippen LogP contribution < -0.4 is 5.73 Å². The average molecular weight is 242 g/mol. The Labute approximate surface area is 104 Å². The second kappa shape index (κ2) is 6.97. The molecule has 1 aliphatic carbocycles. The Bertz CT molecular complexity index is 240. The van der Waals surface area contributed by atoms with Crippen LogP contribution in [-0.4, -0.2) is 41.7 Å². The third-order valence-corrected chi connectivity index (χ3v) is 3.25. The first-order chi connectivity index (χ1) is 8.08. The lowest BCUT2D eigenvalue weighted by atomic mass is 9.94. The van der Waals surface area contributed by atoms with E-state index < -0.39 is 0 Å². The number of nitrogens with two attached hydrogens (primary N) is 1. The fraction of sp³-hybridized carbons (Fsp3) is 0.923. The first-order valence-electron chi connectivity index (χ1n) is 6.68. The number of hydrogen-bond acceptors (Lipinski definition) is 3. The summed E-state index contributed by atoms with van der Waals surface area (Å²) < 4.78 is 0. The van der Waals surface area contributed by atoms with Gasteiger partial charge >= 0.3 is 0 Å². The van der Waals surface area contributed by atoms with Crippen LogP contribution in [0.2, 0.25) is 0 Å². The molecule has 0 aromatic rings. The molecule has 1 amide bonds. The molecule has 0 unspecified atom stereocenters. The van der Waals surface area contributed by atoms with Crippen LogP contribution in [0, 0.1) is 11.8 Å².